The molecule has 1 unspecified atom stereocenters. The first-order valence-electron chi connectivity index (χ1n) is 5.44. The standard InChI is InChI=1S/C12H15F2NO3/c1-18-6-5-8(7-16)15-12(17)11-9(13)3-2-4-10(11)14/h2-4,8,16H,5-7H2,1H3,(H,15,17). The van der Waals surface area contributed by atoms with E-state index in [9.17, 15) is 13.6 Å². The highest BCUT2D eigenvalue weighted by molar-refractivity contribution is 5.94. The van der Waals surface area contributed by atoms with Gasteiger partial charge in [0, 0.05) is 13.7 Å². The van der Waals surface area contributed by atoms with Crippen molar-refractivity contribution in [3.63, 3.8) is 0 Å². The molecule has 100 valence electrons. The van der Waals surface area contributed by atoms with Crippen molar-refractivity contribution in [2.24, 2.45) is 0 Å². The number of amides is 1. The zero-order valence-corrected chi connectivity index (χ0v) is 9.95. The van der Waals surface area contributed by atoms with Gasteiger partial charge in [0.25, 0.3) is 5.91 Å². The number of benzene rings is 1. The molecule has 2 N–H and O–H groups in total. The molecule has 4 nitrogen and oxygen atoms in total. The van der Waals surface area contributed by atoms with Crippen LogP contribution in [0.5, 0.6) is 0 Å². The Hall–Kier alpha value is -1.53. The van der Waals surface area contributed by atoms with Crippen molar-refractivity contribution in [3.8, 4) is 0 Å². The SMILES string of the molecule is COCCC(CO)NC(=O)c1c(F)cccc1F. The van der Waals surface area contributed by atoms with Gasteiger partial charge in [-0.2, -0.15) is 0 Å². The summed E-state index contributed by atoms with van der Waals surface area (Å²) in [6, 6.07) is 2.58. The maximum Gasteiger partial charge on any atom is 0.257 e. The van der Waals surface area contributed by atoms with Gasteiger partial charge in [-0.25, -0.2) is 8.78 Å². The second-order valence-electron chi connectivity index (χ2n) is 3.73. The van der Waals surface area contributed by atoms with Crippen LogP contribution in [0.25, 0.3) is 0 Å². The number of halogens is 2. The maximum absolute atomic E-state index is 13.3. The molecular formula is C12H15F2NO3. The number of ether oxygens (including phenoxy) is 1. The summed E-state index contributed by atoms with van der Waals surface area (Å²) in [6.07, 6.45) is 0.356. The molecule has 1 aromatic rings. The van der Waals surface area contributed by atoms with Gasteiger partial charge in [0.05, 0.1) is 12.6 Å². The largest absolute Gasteiger partial charge is 0.394 e. The van der Waals surface area contributed by atoms with E-state index in [-0.39, 0.29) is 6.61 Å². The Morgan fingerprint density at radius 2 is 2.06 bits per heavy atom. The Morgan fingerprint density at radius 3 is 2.56 bits per heavy atom. The Balaban J connectivity index is 2.75. The van der Waals surface area contributed by atoms with Crippen molar-refractivity contribution in [1.82, 2.24) is 5.32 Å². The lowest BCUT2D eigenvalue weighted by Gasteiger charge is -2.16. The Morgan fingerprint density at radius 1 is 1.44 bits per heavy atom. The number of aliphatic hydroxyl groups is 1. The molecule has 0 spiro atoms. The predicted octanol–water partition coefficient (Wildman–Crippen LogP) is 1.09. The van der Waals surface area contributed by atoms with Gasteiger partial charge in [-0.3, -0.25) is 4.79 Å². The van der Waals surface area contributed by atoms with Crippen LogP contribution in [-0.4, -0.2) is 37.4 Å². The summed E-state index contributed by atoms with van der Waals surface area (Å²) >= 11 is 0. The van der Waals surface area contributed by atoms with E-state index in [1.165, 1.54) is 13.2 Å². The van der Waals surface area contributed by atoms with Crippen molar-refractivity contribution in [1.29, 1.82) is 0 Å². The molecule has 0 aliphatic heterocycles. The number of hydrogen-bond donors (Lipinski definition) is 2. The first kappa shape index (κ1) is 14.5. The summed E-state index contributed by atoms with van der Waals surface area (Å²) in [5.41, 5.74) is -0.645. The summed E-state index contributed by atoms with van der Waals surface area (Å²) in [6.45, 7) is -0.00354. The van der Waals surface area contributed by atoms with Crippen LogP contribution in [0, 0.1) is 11.6 Å². The van der Waals surface area contributed by atoms with Gasteiger partial charge in [0.15, 0.2) is 0 Å². The Labute approximate surface area is 104 Å². The highest BCUT2D eigenvalue weighted by Crippen LogP contribution is 2.12. The lowest BCUT2D eigenvalue weighted by atomic mass is 10.1. The van der Waals surface area contributed by atoms with Crippen LogP contribution in [0.15, 0.2) is 18.2 Å². The first-order valence-corrected chi connectivity index (χ1v) is 5.44. The molecule has 0 aromatic heterocycles. The van der Waals surface area contributed by atoms with Gasteiger partial charge in [0.2, 0.25) is 0 Å². The number of aliphatic hydroxyl groups excluding tert-OH is 1. The van der Waals surface area contributed by atoms with E-state index < -0.39 is 29.1 Å². The minimum absolute atomic E-state index is 0.325. The summed E-state index contributed by atoms with van der Waals surface area (Å²) < 4.78 is 31.4. The fourth-order valence-corrected chi connectivity index (χ4v) is 1.44. The minimum Gasteiger partial charge on any atom is -0.394 e. The predicted molar refractivity (Wildman–Crippen MR) is 61.2 cm³/mol. The number of hydrogen-bond acceptors (Lipinski definition) is 3. The lowest BCUT2D eigenvalue weighted by molar-refractivity contribution is 0.0886. The summed E-state index contributed by atoms with van der Waals surface area (Å²) in [5, 5.41) is 11.4. The number of carbonyl (C=O) groups excluding carboxylic acids is 1. The summed E-state index contributed by atoms with van der Waals surface area (Å²) in [5.74, 6) is -2.76. The van der Waals surface area contributed by atoms with E-state index in [1.54, 1.807) is 0 Å². The number of methoxy groups -OCH3 is 1. The molecule has 0 aliphatic carbocycles. The van der Waals surface area contributed by atoms with Crippen molar-refractivity contribution < 1.29 is 23.4 Å². The number of rotatable bonds is 6. The molecule has 1 rings (SSSR count). The fourth-order valence-electron chi connectivity index (χ4n) is 1.44. The van der Waals surface area contributed by atoms with Crippen LogP contribution in [0.4, 0.5) is 8.78 Å². The van der Waals surface area contributed by atoms with Gasteiger partial charge in [-0.05, 0) is 18.6 Å². The third-order valence-corrected chi connectivity index (χ3v) is 2.42. The number of carbonyl (C=O) groups is 1. The van der Waals surface area contributed by atoms with Gasteiger partial charge >= 0.3 is 0 Å². The molecule has 6 heteroatoms. The van der Waals surface area contributed by atoms with Gasteiger partial charge in [0.1, 0.15) is 17.2 Å². The molecule has 0 saturated heterocycles. The van der Waals surface area contributed by atoms with Crippen molar-refractivity contribution in [3.05, 3.63) is 35.4 Å². The Bertz CT molecular complexity index is 392. The van der Waals surface area contributed by atoms with Gasteiger partial charge in [-0.15, -0.1) is 0 Å². The van der Waals surface area contributed by atoms with Crippen molar-refractivity contribution in [2.45, 2.75) is 12.5 Å². The highest BCUT2D eigenvalue weighted by atomic mass is 19.1. The average molecular weight is 259 g/mol. The molecule has 0 saturated carbocycles. The van der Waals surface area contributed by atoms with Gasteiger partial charge in [-0.1, -0.05) is 6.07 Å². The van der Waals surface area contributed by atoms with Crippen LogP contribution in [-0.2, 0) is 4.74 Å². The third kappa shape index (κ3) is 3.75. The molecule has 18 heavy (non-hydrogen) atoms. The van der Waals surface area contributed by atoms with Crippen LogP contribution >= 0.6 is 0 Å². The van der Waals surface area contributed by atoms with Crippen LogP contribution < -0.4 is 5.32 Å². The molecule has 0 bridgehead atoms. The Kier molecular flexibility index (Phi) is 5.67. The minimum atomic E-state index is -0.934. The molecular weight excluding hydrogens is 244 g/mol. The quantitative estimate of drug-likeness (QED) is 0.804. The summed E-state index contributed by atoms with van der Waals surface area (Å²) in [4.78, 5) is 11.7. The zero-order chi connectivity index (χ0) is 13.5. The van der Waals surface area contributed by atoms with Crippen molar-refractivity contribution >= 4 is 5.91 Å². The topological polar surface area (TPSA) is 58.6 Å². The first-order chi connectivity index (χ1) is 8.60. The second-order valence-corrected chi connectivity index (χ2v) is 3.73. The van der Waals surface area contributed by atoms with E-state index in [0.717, 1.165) is 12.1 Å². The smallest absolute Gasteiger partial charge is 0.257 e. The van der Waals surface area contributed by atoms with E-state index in [0.29, 0.717) is 13.0 Å². The van der Waals surface area contributed by atoms with E-state index in [2.05, 4.69) is 5.32 Å². The maximum atomic E-state index is 13.3. The fraction of sp³-hybridized carbons (Fsp3) is 0.417. The molecule has 0 aliphatic rings. The molecule has 1 amide bonds. The molecule has 0 fully saturated rings. The van der Waals surface area contributed by atoms with E-state index >= 15 is 0 Å². The average Bonchev–Trinajstić information content (AvgIpc) is 2.34. The molecule has 0 heterocycles. The van der Waals surface area contributed by atoms with E-state index in [1.807, 2.05) is 0 Å². The normalized spacial score (nSPS) is 12.2. The molecule has 1 atom stereocenters. The third-order valence-electron chi connectivity index (χ3n) is 2.42. The van der Waals surface area contributed by atoms with Crippen LogP contribution in [0.1, 0.15) is 16.8 Å². The van der Waals surface area contributed by atoms with Crippen molar-refractivity contribution in [2.75, 3.05) is 20.3 Å². The monoisotopic (exact) mass is 259 g/mol. The molecule has 0 radical (unpaired) electrons. The zero-order valence-electron chi connectivity index (χ0n) is 9.95. The van der Waals surface area contributed by atoms with Crippen LogP contribution in [0.3, 0.4) is 0 Å². The van der Waals surface area contributed by atoms with Crippen LogP contribution in [0.2, 0.25) is 0 Å². The second kappa shape index (κ2) is 7.03. The van der Waals surface area contributed by atoms with Gasteiger partial charge < -0.3 is 15.2 Å². The molecule has 1 aromatic carbocycles. The highest BCUT2D eigenvalue weighted by Gasteiger charge is 2.19. The number of nitrogens with one attached hydrogen (secondary N) is 1. The lowest BCUT2D eigenvalue weighted by Crippen LogP contribution is -2.39. The van der Waals surface area contributed by atoms with E-state index in [4.69, 9.17) is 9.84 Å². The summed E-state index contributed by atoms with van der Waals surface area (Å²) in [7, 11) is 1.48.